The molecular weight excluding hydrogens is 602 g/mol. The summed E-state index contributed by atoms with van der Waals surface area (Å²) >= 11 is 2.42. The maximum absolute atomic E-state index is 13.4. The molecule has 2 aliphatic heterocycles. The number of carboxylic acids is 1. The molecule has 2 saturated heterocycles. The number of thioether (sulfide) groups is 2. The van der Waals surface area contributed by atoms with Crippen molar-refractivity contribution >= 4 is 53.4 Å². The van der Waals surface area contributed by atoms with Crippen LogP contribution >= 0.6 is 23.5 Å². The first-order valence-electron chi connectivity index (χ1n) is 13.0. The third-order valence-corrected chi connectivity index (χ3v) is 9.90. The summed E-state index contributed by atoms with van der Waals surface area (Å²) in [6.45, 7) is 1.80. The Morgan fingerprint density at radius 1 is 1.23 bits per heavy atom. The van der Waals surface area contributed by atoms with Gasteiger partial charge in [-0.3, -0.25) is 19.7 Å². The van der Waals surface area contributed by atoms with Crippen LogP contribution in [0.3, 0.4) is 0 Å². The number of aromatic nitrogens is 4. The molecule has 16 nitrogen and oxygen atoms in total. The Morgan fingerprint density at radius 3 is 2.70 bits per heavy atom. The molecule has 0 aliphatic carbocycles. The summed E-state index contributed by atoms with van der Waals surface area (Å²) in [5.41, 5.74) is -0.169. The molecule has 0 saturated carbocycles. The van der Waals surface area contributed by atoms with Crippen molar-refractivity contribution in [2.75, 3.05) is 12.3 Å². The average molecular weight is 630 g/mol. The van der Waals surface area contributed by atoms with Crippen molar-refractivity contribution < 1.29 is 33.5 Å². The van der Waals surface area contributed by atoms with E-state index in [4.69, 9.17) is 4.42 Å². The van der Waals surface area contributed by atoms with E-state index in [-0.39, 0.29) is 18.8 Å². The number of fused-ring (bicyclic) bond motifs is 1. The number of benzene rings is 1. The molecule has 4 unspecified atom stereocenters. The van der Waals surface area contributed by atoms with Crippen molar-refractivity contribution in [2.24, 2.45) is 5.41 Å². The lowest BCUT2D eigenvalue weighted by Gasteiger charge is -2.55. The van der Waals surface area contributed by atoms with Crippen molar-refractivity contribution in [3.63, 3.8) is 0 Å². The molecule has 1 aromatic carbocycles. The Labute approximate surface area is 252 Å². The molecule has 4 heterocycles. The van der Waals surface area contributed by atoms with Crippen molar-refractivity contribution in [2.45, 2.75) is 41.3 Å². The fraction of sp³-hybridized carbons (Fsp3) is 0.360. The summed E-state index contributed by atoms with van der Waals surface area (Å²) in [7, 11) is 0. The van der Waals surface area contributed by atoms with Crippen LogP contribution in [-0.4, -0.2) is 89.4 Å². The predicted octanol–water partition coefficient (Wildman–Crippen LogP) is 0.695. The predicted molar refractivity (Wildman–Crippen MR) is 151 cm³/mol. The fourth-order valence-electron chi connectivity index (χ4n) is 4.70. The number of nitrogens with one attached hydrogen (secondary N) is 5. The lowest BCUT2D eigenvalue weighted by atomic mass is 9.84. The van der Waals surface area contributed by atoms with Gasteiger partial charge in [-0.1, -0.05) is 49.0 Å². The zero-order valence-electron chi connectivity index (χ0n) is 22.6. The number of tetrazole rings is 1. The summed E-state index contributed by atoms with van der Waals surface area (Å²) in [6.07, 6.45) is 2.89. The normalized spacial score (nSPS) is 22.3. The first-order valence-corrected chi connectivity index (χ1v) is 14.9. The van der Waals surface area contributed by atoms with Crippen LogP contribution < -0.4 is 21.3 Å². The molecule has 0 bridgehead atoms. The number of β-lactam (4-membered cyclic amide) rings is 1. The smallest absolute Gasteiger partial charge is 0.323 e. The third-order valence-electron chi connectivity index (χ3n) is 7.15. The molecule has 2 aromatic heterocycles. The van der Waals surface area contributed by atoms with Crippen LogP contribution in [-0.2, 0) is 20.9 Å². The number of amides is 6. The molecule has 0 radical (unpaired) electrons. The fourth-order valence-corrected chi connectivity index (χ4v) is 7.47. The van der Waals surface area contributed by atoms with Crippen LogP contribution in [0, 0.1) is 5.41 Å². The van der Waals surface area contributed by atoms with E-state index < -0.39 is 58.0 Å². The summed E-state index contributed by atoms with van der Waals surface area (Å²) in [5.74, 6) is -1.99. The molecule has 226 valence electrons. The van der Waals surface area contributed by atoms with Crippen molar-refractivity contribution in [1.29, 1.82) is 0 Å². The molecule has 5 atom stereocenters. The molecule has 6 N–H and O–H groups in total. The highest BCUT2D eigenvalue weighted by atomic mass is 32.2. The van der Waals surface area contributed by atoms with E-state index in [1.54, 1.807) is 43.3 Å². The topological polar surface area (TPSA) is 225 Å². The summed E-state index contributed by atoms with van der Waals surface area (Å²) < 4.78 is 4.93. The average Bonchev–Trinajstić information content (AvgIpc) is 3.72. The number of aromatic amines is 1. The minimum absolute atomic E-state index is 0.0579. The number of aliphatic carboxylic acids is 1. The second-order valence-electron chi connectivity index (χ2n) is 9.84. The number of hydrogen-bond donors (Lipinski definition) is 6. The van der Waals surface area contributed by atoms with Crippen LogP contribution in [0.2, 0.25) is 0 Å². The number of nitrogens with zero attached hydrogens (tertiary/aromatic N) is 4. The highest BCUT2D eigenvalue weighted by Crippen LogP contribution is 2.47. The van der Waals surface area contributed by atoms with Gasteiger partial charge in [0.25, 0.3) is 0 Å². The van der Waals surface area contributed by atoms with Gasteiger partial charge in [-0.25, -0.2) is 14.7 Å². The standard InChI is InChI=1S/C25H27N9O7S2/c1-13(43-24-30-32-33-31-24)25(21(37)38)11-34-19(36)17(20(34)42-12-25)27-18(35)16(15-5-3-2-4-6-15)28-23(40)29-22(39)26-9-14-7-8-41-10-14/h2-8,10,13,16-17,20H,9,11-12H2,1H3,(H,27,35)(H,37,38)(H,30,31,32,33)(H3,26,28,29,39,40)/t13?,16?,17?,20-,25?/m1/s1. The van der Waals surface area contributed by atoms with E-state index in [2.05, 4.69) is 41.9 Å². The number of carboxylic acid groups (broad SMARTS) is 1. The van der Waals surface area contributed by atoms with Crippen LogP contribution in [0.5, 0.6) is 0 Å². The van der Waals surface area contributed by atoms with E-state index in [1.807, 2.05) is 0 Å². The van der Waals surface area contributed by atoms with Gasteiger partial charge in [0.2, 0.25) is 17.0 Å². The van der Waals surface area contributed by atoms with Gasteiger partial charge < -0.3 is 30.4 Å². The number of H-pyrrole nitrogens is 1. The first-order chi connectivity index (χ1) is 20.7. The highest BCUT2D eigenvalue weighted by Gasteiger charge is 2.59. The minimum atomic E-state index is -1.28. The number of furan rings is 1. The van der Waals surface area contributed by atoms with Gasteiger partial charge in [-0.05, 0) is 22.1 Å². The van der Waals surface area contributed by atoms with Gasteiger partial charge in [0.05, 0.1) is 12.5 Å². The first kappa shape index (κ1) is 29.9. The minimum Gasteiger partial charge on any atom is -0.481 e. The third kappa shape index (κ3) is 6.43. The van der Waals surface area contributed by atoms with E-state index in [0.29, 0.717) is 16.3 Å². The van der Waals surface area contributed by atoms with Crippen molar-refractivity contribution in [3.8, 4) is 0 Å². The van der Waals surface area contributed by atoms with Crippen molar-refractivity contribution in [3.05, 3.63) is 60.1 Å². The Morgan fingerprint density at radius 2 is 2.02 bits per heavy atom. The molecular formula is C25H27N9O7S2. The van der Waals surface area contributed by atoms with E-state index in [0.717, 1.165) is 0 Å². The molecule has 18 heteroatoms. The highest BCUT2D eigenvalue weighted by molar-refractivity contribution is 8.01. The number of carbonyl (C=O) groups is 5. The number of rotatable bonds is 10. The number of urea groups is 2. The van der Waals surface area contributed by atoms with Gasteiger partial charge in [0, 0.05) is 29.7 Å². The molecule has 3 aromatic rings. The van der Waals surface area contributed by atoms with E-state index in [9.17, 15) is 29.1 Å². The second-order valence-corrected chi connectivity index (χ2v) is 12.3. The quantitative estimate of drug-likeness (QED) is 0.135. The van der Waals surface area contributed by atoms with Crippen LogP contribution in [0.25, 0.3) is 0 Å². The van der Waals surface area contributed by atoms with Gasteiger partial charge in [0.1, 0.15) is 22.9 Å². The Bertz CT molecular complexity index is 1480. The van der Waals surface area contributed by atoms with Crippen LogP contribution in [0.1, 0.15) is 24.1 Å². The van der Waals surface area contributed by atoms with E-state index in [1.165, 1.54) is 41.0 Å². The Kier molecular flexibility index (Phi) is 8.86. The largest absolute Gasteiger partial charge is 0.481 e. The SMILES string of the molecule is CC(Sc1nnn[nH]1)C1(C(=O)O)CS[C@@H]2C(NC(=O)C(NC(=O)NC(=O)NCc3ccoc3)c3ccccc3)C(=O)N2C1. The van der Waals surface area contributed by atoms with Crippen LogP contribution in [0.15, 0.2) is 58.5 Å². The Hall–Kier alpha value is -4.58. The lowest BCUT2D eigenvalue weighted by Crippen LogP contribution is -2.75. The van der Waals surface area contributed by atoms with Gasteiger partial charge in [-0.2, -0.15) is 0 Å². The molecule has 5 rings (SSSR count). The summed E-state index contributed by atoms with van der Waals surface area (Å²) in [4.78, 5) is 65.3. The number of carbonyl (C=O) groups excluding carboxylic acids is 4. The van der Waals surface area contributed by atoms with Crippen LogP contribution in [0.4, 0.5) is 9.59 Å². The van der Waals surface area contributed by atoms with E-state index >= 15 is 0 Å². The molecule has 6 amide bonds. The molecule has 2 aliphatic rings. The monoisotopic (exact) mass is 629 g/mol. The number of hydrogen-bond acceptors (Lipinski definition) is 11. The van der Waals surface area contributed by atoms with Gasteiger partial charge >= 0.3 is 18.0 Å². The molecule has 43 heavy (non-hydrogen) atoms. The zero-order valence-corrected chi connectivity index (χ0v) is 24.2. The van der Waals surface area contributed by atoms with Crippen molar-refractivity contribution in [1.82, 2.24) is 46.8 Å². The molecule has 0 spiro atoms. The van der Waals surface area contributed by atoms with Gasteiger partial charge in [-0.15, -0.1) is 16.9 Å². The lowest BCUT2D eigenvalue weighted by molar-refractivity contribution is -0.158. The maximum Gasteiger partial charge on any atom is 0.323 e. The zero-order chi connectivity index (χ0) is 30.6. The van der Waals surface area contributed by atoms with Gasteiger partial charge in [0.15, 0.2) is 0 Å². The number of imide groups is 1. The summed E-state index contributed by atoms with van der Waals surface area (Å²) in [5, 5.41) is 32.8. The second kappa shape index (κ2) is 12.7. The summed E-state index contributed by atoms with van der Waals surface area (Å²) in [6, 6.07) is 6.12. The molecule has 2 fully saturated rings. The Balaban J connectivity index is 1.22. The maximum atomic E-state index is 13.4.